The number of hydrogen-bond donors (Lipinski definition) is 1. The molecule has 1 unspecified atom stereocenters. The minimum absolute atomic E-state index is 0.305. The molecule has 0 bridgehead atoms. The van der Waals surface area contributed by atoms with Crippen LogP contribution in [0.25, 0.3) is 21.9 Å². The van der Waals surface area contributed by atoms with Crippen LogP contribution in [-0.2, 0) is 9.84 Å². The number of aromatic nitrogens is 2. The highest BCUT2D eigenvalue weighted by Crippen LogP contribution is 2.32. The molecule has 126 valence electrons. The normalized spacial score (nSPS) is 13.3. The van der Waals surface area contributed by atoms with Gasteiger partial charge in [-0.25, -0.2) is 18.1 Å². The SMILES string of the molecule is CC(c1ccc2[nH]c3c(ccc[n+]3[O-])c2c1)S(=O)(=O)c1ccccc1. The quantitative estimate of drug-likeness (QED) is 0.453. The molecule has 0 saturated carbocycles. The van der Waals surface area contributed by atoms with Crippen molar-refractivity contribution in [3.05, 3.63) is 77.6 Å². The van der Waals surface area contributed by atoms with Crippen molar-refractivity contribution in [1.29, 1.82) is 0 Å². The average molecular weight is 352 g/mol. The Labute approximate surface area is 145 Å². The van der Waals surface area contributed by atoms with E-state index >= 15 is 0 Å². The zero-order valence-electron chi connectivity index (χ0n) is 13.5. The van der Waals surface area contributed by atoms with Gasteiger partial charge < -0.3 is 5.21 Å². The van der Waals surface area contributed by atoms with Crippen LogP contribution in [0.5, 0.6) is 0 Å². The summed E-state index contributed by atoms with van der Waals surface area (Å²) in [5, 5.41) is 12.8. The van der Waals surface area contributed by atoms with E-state index in [4.69, 9.17) is 0 Å². The van der Waals surface area contributed by atoms with Crippen molar-refractivity contribution in [2.75, 3.05) is 0 Å². The summed E-state index contributed by atoms with van der Waals surface area (Å²) in [4.78, 5) is 3.39. The molecule has 1 N–H and O–H groups in total. The Bertz CT molecular complexity index is 1180. The summed E-state index contributed by atoms with van der Waals surface area (Å²) < 4.78 is 26.5. The number of nitrogens with one attached hydrogen (secondary N) is 1. The van der Waals surface area contributed by atoms with Crippen molar-refractivity contribution in [2.24, 2.45) is 0 Å². The van der Waals surface area contributed by atoms with E-state index in [1.807, 2.05) is 18.2 Å². The summed E-state index contributed by atoms with van der Waals surface area (Å²) in [5.41, 5.74) is 1.96. The number of rotatable bonds is 3. The Morgan fingerprint density at radius 3 is 2.52 bits per heavy atom. The lowest BCUT2D eigenvalue weighted by Gasteiger charge is -2.13. The zero-order valence-corrected chi connectivity index (χ0v) is 14.3. The molecule has 6 heteroatoms. The molecule has 0 amide bonds. The highest BCUT2D eigenvalue weighted by Gasteiger charge is 2.25. The van der Waals surface area contributed by atoms with Crippen LogP contribution in [0.2, 0.25) is 0 Å². The van der Waals surface area contributed by atoms with Gasteiger partial charge in [0.05, 0.1) is 21.7 Å². The fraction of sp³-hybridized carbons (Fsp3) is 0.105. The molecule has 1 atom stereocenters. The third-order valence-corrected chi connectivity index (χ3v) is 6.69. The van der Waals surface area contributed by atoms with Gasteiger partial charge in [0, 0.05) is 5.39 Å². The minimum atomic E-state index is -3.48. The van der Waals surface area contributed by atoms with Gasteiger partial charge in [0.1, 0.15) is 5.52 Å². The minimum Gasteiger partial charge on any atom is -0.711 e. The number of benzene rings is 2. The summed E-state index contributed by atoms with van der Waals surface area (Å²) in [6.07, 6.45) is 1.43. The van der Waals surface area contributed by atoms with Gasteiger partial charge in [0.2, 0.25) is 0 Å². The van der Waals surface area contributed by atoms with Crippen LogP contribution in [0.15, 0.2) is 71.8 Å². The number of fused-ring (bicyclic) bond motifs is 3. The summed E-state index contributed by atoms with van der Waals surface area (Å²) in [5.74, 6) is 0. The number of aromatic amines is 1. The molecule has 0 aliphatic carbocycles. The molecule has 0 aliphatic rings. The molecular weight excluding hydrogens is 336 g/mol. The van der Waals surface area contributed by atoms with Crippen molar-refractivity contribution in [3.63, 3.8) is 0 Å². The summed E-state index contributed by atoms with van der Waals surface area (Å²) >= 11 is 0. The molecule has 4 aromatic rings. The van der Waals surface area contributed by atoms with E-state index in [1.165, 1.54) is 6.20 Å². The van der Waals surface area contributed by atoms with Crippen molar-refractivity contribution in [1.82, 2.24) is 4.98 Å². The van der Waals surface area contributed by atoms with E-state index in [-0.39, 0.29) is 0 Å². The molecule has 0 radical (unpaired) electrons. The van der Waals surface area contributed by atoms with Crippen molar-refractivity contribution < 1.29 is 13.1 Å². The second kappa shape index (κ2) is 5.60. The third kappa shape index (κ3) is 2.46. The van der Waals surface area contributed by atoms with Crippen LogP contribution < -0.4 is 4.73 Å². The first-order valence-electron chi connectivity index (χ1n) is 7.91. The highest BCUT2D eigenvalue weighted by molar-refractivity contribution is 7.91. The molecule has 4 rings (SSSR count). The zero-order chi connectivity index (χ0) is 17.6. The van der Waals surface area contributed by atoms with Crippen LogP contribution in [0, 0.1) is 5.21 Å². The number of H-pyrrole nitrogens is 1. The predicted octanol–water partition coefficient (Wildman–Crippen LogP) is 3.49. The highest BCUT2D eigenvalue weighted by atomic mass is 32.2. The fourth-order valence-corrected chi connectivity index (χ4v) is 4.55. The van der Waals surface area contributed by atoms with Crippen molar-refractivity contribution >= 4 is 31.8 Å². The molecule has 0 aliphatic heterocycles. The van der Waals surface area contributed by atoms with Gasteiger partial charge >= 0.3 is 0 Å². The number of sulfone groups is 1. The smallest absolute Gasteiger partial charge is 0.290 e. The Hall–Kier alpha value is -2.86. The van der Waals surface area contributed by atoms with E-state index in [1.54, 1.807) is 49.4 Å². The lowest BCUT2D eigenvalue weighted by molar-refractivity contribution is -0.578. The van der Waals surface area contributed by atoms with Crippen molar-refractivity contribution in [3.8, 4) is 0 Å². The van der Waals surface area contributed by atoms with Crippen LogP contribution in [0.3, 0.4) is 0 Å². The first kappa shape index (κ1) is 15.7. The fourth-order valence-electron chi connectivity index (χ4n) is 3.10. The molecule has 0 saturated heterocycles. The molecule has 2 heterocycles. The van der Waals surface area contributed by atoms with Gasteiger partial charge in [-0.3, -0.25) is 0 Å². The second-order valence-electron chi connectivity index (χ2n) is 6.03. The monoisotopic (exact) mass is 352 g/mol. The molecule has 2 aromatic heterocycles. The van der Waals surface area contributed by atoms with E-state index in [0.29, 0.717) is 16.1 Å². The van der Waals surface area contributed by atoms with E-state index in [2.05, 4.69) is 4.98 Å². The van der Waals surface area contributed by atoms with E-state index in [0.717, 1.165) is 21.0 Å². The number of pyridine rings is 1. The maximum absolute atomic E-state index is 12.9. The molecular formula is C19H16N2O3S. The van der Waals surface area contributed by atoms with Gasteiger partial charge in [-0.15, -0.1) is 0 Å². The predicted molar refractivity (Wildman–Crippen MR) is 96.8 cm³/mol. The van der Waals surface area contributed by atoms with E-state index in [9.17, 15) is 13.6 Å². The summed E-state index contributed by atoms with van der Waals surface area (Å²) in [7, 11) is -3.48. The van der Waals surface area contributed by atoms with Crippen molar-refractivity contribution in [2.45, 2.75) is 17.1 Å². The largest absolute Gasteiger partial charge is 0.711 e. The van der Waals surface area contributed by atoms with Crippen LogP contribution >= 0.6 is 0 Å². The lowest BCUT2D eigenvalue weighted by atomic mass is 10.1. The first-order chi connectivity index (χ1) is 12.0. The van der Waals surface area contributed by atoms with Crippen LogP contribution in [0.4, 0.5) is 0 Å². The van der Waals surface area contributed by atoms with Gasteiger partial charge in [-0.05, 0) is 48.9 Å². The lowest BCUT2D eigenvalue weighted by Crippen LogP contribution is -2.25. The maximum atomic E-state index is 12.9. The second-order valence-corrected chi connectivity index (χ2v) is 8.30. The Kier molecular flexibility index (Phi) is 3.51. The average Bonchev–Trinajstić information content (AvgIpc) is 3.01. The van der Waals surface area contributed by atoms with Gasteiger partial charge in [0.15, 0.2) is 9.84 Å². The summed E-state index contributed by atoms with van der Waals surface area (Å²) in [6.45, 7) is 1.69. The first-order valence-corrected chi connectivity index (χ1v) is 9.45. The molecule has 2 aromatic carbocycles. The standard InChI is InChI=1S/C19H16N2O3S/c1-13(25(23,24)15-6-3-2-4-7-15)14-9-10-18-17(12-14)16-8-5-11-21(22)19(16)20-18/h2-13,20H,1H3. The van der Waals surface area contributed by atoms with Crippen LogP contribution in [-0.4, -0.2) is 13.4 Å². The topological polar surface area (TPSA) is 76.9 Å². The molecule has 5 nitrogen and oxygen atoms in total. The maximum Gasteiger partial charge on any atom is 0.290 e. The molecule has 25 heavy (non-hydrogen) atoms. The van der Waals surface area contributed by atoms with Gasteiger partial charge in [-0.1, -0.05) is 24.3 Å². The Balaban J connectivity index is 1.87. The molecule has 0 fully saturated rings. The van der Waals surface area contributed by atoms with Gasteiger partial charge in [0.25, 0.3) is 5.65 Å². The van der Waals surface area contributed by atoms with Crippen LogP contribution in [0.1, 0.15) is 17.7 Å². The Morgan fingerprint density at radius 1 is 1.00 bits per heavy atom. The summed E-state index contributed by atoms with van der Waals surface area (Å²) in [6, 6.07) is 17.4. The number of nitrogens with zero attached hydrogens (tertiary/aromatic N) is 1. The number of hydrogen-bond acceptors (Lipinski definition) is 3. The van der Waals surface area contributed by atoms with Gasteiger partial charge in [-0.2, -0.15) is 0 Å². The van der Waals surface area contributed by atoms with E-state index < -0.39 is 15.1 Å². The third-order valence-electron chi connectivity index (χ3n) is 4.55. The Morgan fingerprint density at radius 2 is 1.76 bits per heavy atom. The molecule has 0 spiro atoms.